The number of nitrogens with one attached hydrogen (secondary N) is 1. The Morgan fingerprint density at radius 2 is 2.24 bits per heavy atom. The van der Waals surface area contributed by atoms with Gasteiger partial charge in [-0.15, -0.1) is 11.3 Å². The van der Waals surface area contributed by atoms with Crippen molar-refractivity contribution in [2.45, 2.75) is 26.1 Å². The van der Waals surface area contributed by atoms with Gasteiger partial charge in [0.25, 0.3) is 0 Å². The molecule has 98 valence electrons. The van der Waals surface area contributed by atoms with Crippen molar-refractivity contribution in [3.8, 4) is 0 Å². The lowest BCUT2D eigenvalue weighted by Crippen LogP contribution is -2.17. The highest BCUT2D eigenvalue weighted by Gasteiger charge is 2.27. The molecule has 0 saturated carbocycles. The summed E-state index contributed by atoms with van der Waals surface area (Å²) >= 11 is 1.33. The minimum atomic E-state index is -4.27. The summed E-state index contributed by atoms with van der Waals surface area (Å²) in [5.74, 6) is 0. The number of thiazole rings is 1. The van der Waals surface area contributed by atoms with E-state index in [4.69, 9.17) is 0 Å². The number of rotatable bonds is 7. The zero-order valence-corrected chi connectivity index (χ0v) is 10.3. The number of aromatic nitrogens is 1. The van der Waals surface area contributed by atoms with E-state index in [1.165, 1.54) is 11.3 Å². The highest BCUT2D eigenvalue weighted by atomic mass is 32.1. The van der Waals surface area contributed by atoms with Gasteiger partial charge in [0.1, 0.15) is 11.6 Å². The van der Waals surface area contributed by atoms with Gasteiger partial charge in [-0.3, -0.25) is 0 Å². The van der Waals surface area contributed by atoms with E-state index in [1.54, 1.807) is 0 Å². The molecule has 1 aromatic rings. The van der Waals surface area contributed by atoms with Crippen LogP contribution in [0, 0.1) is 0 Å². The Morgan fingerprint density at radius 3 is 2.88 bits per heavy atom. The molecule has 0 bridgehead atoms. The molecule has 1 rings (SSSR count). The summed E-state index contributed by atoms with van der Waals surface area (Å²) in [6, 6.07) is 0. The molecule has 0 aliphatic rings. The van der Waals surface area contributed by atoms with Crippen LogP contribution in [-0.4, -0.2) is 30.9 Å². The molecule has 0 aromatic carbocycles. The van der Waals surface area contributed by atoms with Crippen LogP contribution in [0.1, 0.15) is 17.6 Å². The Hall–Kier alpha value is -0.660. The zero-order valence-electron chi connectivity index (χ0n) is 9.51. The van der Waals surface area contributed by atoms with Crippen molar-refractivity contribution in [3.63, 3.8) is 0 Å². The topological polar surface area (TPSA) is 34.1 Å². The van der Waals surface area contributed by atoms with Gasteiger partial charge in [0.2, 0.25) is 0 Å². The lowest BCUT2D eigenvalue weighted by molar-refractivity contribution is -0.176. The normalized spacial score (nSPS) is 12.0. The van der Waals surface area contributed by atoms with E-state index >= 15 is 0 Å². The molecule has 0 aliphatic carbocycles. The van der Waals surface area contributed by atoms with Crippen molar-refractivity contribution in [3.05, 3.63) is 16.1 Å². The van der Waals surface area contributed by atoms with E-state index in [9.17, 15) is 13.2 Å². The summed E-state index contributed by atoms with van der Waals surface area (Å²) in [4.78, 5) is 4.19. The van der Waals surface area contributed by atoms with Crippen molar-refractivity contribution in [2.24, 2.45) is 0 Å². The van der Waals surface area contributed by atoms with Crippen LogP contribution in [0.5, 0.6) is 0 Å². The highest BCUT2D eigenvalue weighted by Crippen LogP contribution is 2.17. The van der Waals surface area contributed by atoms with Crippen LogP contribution < -0.4 is 5.32 Å². The molecule has 0 aliphatic heterocycles. The van der Waals surface area contributed by atoms with Crippen LogP contribution in [0.3, 0.4) is 0 Å². The monoisotopic (exact) mass is 268 g/mol. The largest absolute Gasteiger partial charge is 0.411 e. The number of hydrogen-bond acceptors (Lipinski definition) is 4. The second kappa shape index (κ2) is 6.93. The minimum Gasteiger partial charge on any atom is -0.365 e. The molecule has 0 saturated heterocycles. The standard InChI is InChI=1S/C10H15F3N2OS/c1-2-14-4-3-8-6-17-9(15-8)5-16-7-10(11,12)13/h6,14H,2-5,7H2,1H3. The number of hydrogen-bond donors (Lipinski definition) is 1. The molecular formula is C10H15F3N2OS. The van der Waals surface area contributed by atoms with Gasteiger partial charge in [-0.1, -0.05) is 6.92 Å². The van der Waals surface area contributed by atoms with E-state index in [0.29, 0.717) is 5.01 Å². The van der Waals surface area contributed by atoms with Crippen LogP contribution in [-0.2, 0) is 17.8 Å². The molecule has 0 unspecified atom stereocenters. The molecule has 0 spiro atoms. The van der Waals surface area contributed by atoms with Crippen LogP contribution in [0.25, 0.3) is 0 Å². The van der Waals surface area contributed by atoms with Crippen LogP contribution >= 0.6 is 11.3 Å². The van der Waals surface area contributed by atoms with Crippen molar-refractivity contribution >= 4 is 11.3 Å². The molecule has 3 nitrogen and oxygen atoms in total. The zero-order chi connectivity index (χ0) is 12.7. The lowest BCUT2D eigenvalue weighted by atomic mass is 10.3. The average Bonchev–Trinajstić information content (AvgIpc) is 2.64. The molecule has 7 heteroatoms. The van der Waals surface area contributed by atoms with E-state index in [1.807, 2.05) is 12.3 Å². The smallest absolute Gasteiger partial charge is 0.365 e. The Balaban J connectivity index is 2.26. The second-order valence-corrected chi connectivity index (χ2v) is 4.39. The Labute approximate surface area is 102 Å². The second-order valence-electron chi connectivity index (χ2n) is 3.44. The van der Waals surface area contributed by atoms with Gasteiger partial charge in [0, 0.05) is 18.3 Å². The van der Waals surface area contributed by atoms with Crippen molar-refractivity contribution in [1.82, 2.24) is 10.3 Å². The first-order valence-electron chi connectivity index (χ1n) is 5.29. The fourth-order valence-electron chi connectivity index (χ4n) is 1.18. The van der Waals surface area contributed by atoms with Crippen LogP contribution in [0.15, 0.2) is 5.38 Å². The molecule has 0 atom stereocenters. The number of ether oxygens (including phenoxy) is 1. The number of nitrogens with zero attached hydrogens (tertiary/aromatic N) is 1. The summed E-state index contributed by atoms with van der Waals surface area (Å²) in [6.07, 6.45) is -3.49. The van der Waals surface area contributed by atoms with Gasteiger partial charge in [0.05, 0.1) is 12.3 Å². The summed E-state index contributed by atoms with van der Waals surface area (Å²) in [5, 5.41) is 5.59. The predicted molar refractivity (Wildman–Crippen MR) is 60.1 cm³/mol. The quantitative estimate of drug-likeness (QED) is 0.771. The molecule has 0 radical (unpaired) electrons. The first-order chi connectivity index (χ1) is 8.01. The van der Waals surface area contributed by atoms with Crippen LogP contribution in [0.2, 0.25) is 0 Å². The maximum Gasteiger partial charge on any atom is 0.411 e. The van der Waals surface area contributed by atoms with Gasteiger partial charge in [-0.2, -0.15) is 13.2 Å². The molecule has 1 N–H and O–H groups in total. The fraction of sp³-hybridized carbons (Fsp3) is 0.700. The van der Waals surface area contributed by atoms with Gasteiger partial charge in [-0.25, -0.2) is 4.98 Å². The molecule has 1 aromatic heterocycles. The SMILES string of the molecule is CCNCCc1csc(COCC(F)(F)F)n1. The summed E-state index contributed by atoms with van der Waals surface area (Å²) in [6.45, 7) is 2.43. The fourth-order valence-corrected chi connectivity index (χ4v) is 1.94. The van der Waals surface area contributed by atoms with Crippen molar-refractivity contribution < 1.29 is 17.9 Å². The Kier molecular flexibility index (Phi) is 5.87. The minimum absolute atomic E-state index is 0.0780. The summed E-state index contributed by atoms with van der Waals surface area (Å²) in [7, 11) is 0. The number of alkyl halides is 3. The summed E-state index contributed by atoms with van der Waals surface area (Å²) in [5.41, 5.74) is 0.890. The number of likely N-dealkylation sites (N-methyl/N-ethyl adjacent to an activating group) is 1. The van der Waals surface area contributed by atoms with Crippen LogP contribution in [0.4, 0.5) is 13.2 Å². The molecule has 0 fully saturated rings. The van der Waals surface area contributed by atoms with E-state index < -0.39 is 12.8 Å². The Morgan fingerprint density at radius 1 is 1.47 bits per heavy atom. The average molecular weight is 268 g/mol. The first-order valence-corrected chi connectivity index (χ1v) is 6.17. The lowest BCUT2D eigenvalue weighted by Gasteiger charge is -2.05. The third-order valence-electron chi connectivity index (χ3n) is 1.90. The van der Waals surface area contributed by atoms with Crippen molar-refractivity contribution in [2.75, 3.05) is 19.7 Å². The van der Waals surface area contributed by atoms with E-state index in [-0.39, 0.29) is 6.61 Å². The maximum absolute atomic E-state index is 11.8. The highest BCUT2D eigenvalue weighted by molar-refractivity contribution is 7.09. The van der Waals surface area contributed by atoms with Gasteiger partial charge in [-0.05, 0) is 6.54 Å². The van der Waals surface area contributed by atoms with Gasteiger partial charge in [0.15, 0.2) is 0 Å². The molecule has 17 heavy (non-hydrogen) atoms. The third kappa shape index (κ3) is 6.60. The maximum atomic E-state index is 11.8. The van der Waals surface area contributed by atoms with Gasteiger partial charge < -0.3 is 10.1 Å². The predicted octanol–water partition coefficient (Wildman–Crippen LogP) is 2.37. The first kappa shape index (κ1) is 14.4. The van der Waals surface area contributed by atoms with Crippen molar-refractivity contribution in [1.29, 1.82) is 0 Å². The molecule has 1 heterocycles. The molecule has 0 amide bonds. The molecular weight excluding hydrogens is 253 g/mol. The summed E-state index contributed by atoms with van der Waals surface area (Å²) < 4.78 is 40.0. The van der Waals surface area contributed by atoms with E-state index in [0.717, 1.165) is 25.2 Å². The van der Waals surface area contributed by atoms with E-state index in [2.05, 4.69) is 15.0 Å². The Bertz CT molecular complexity index is 328. The number of halogens is 3. The third-order valence-corrected chi connectivity index (χ3v) is 2.77. The van der Waals surface area contributed by atoms with Gasteiger partial charge >= 0.3 is 6.18 Å².